The van der Waals surface area contributed by atoms with Crippen LogP contribution in [0.5, 0.6) is 0 Å². The molecule has 1 fully saturated rings. The number of thiophene rings is 1. The minimum atomic E-state index is -0.321. The molecule has 0 aliphatic carbocycles. The van der Waals surface area contributed by atoms with Gasteiger partial charge >= 0.3 is 5.97 Å². The number of anilines is 2. The van der Waals surface area contributed by atoms with Crippen LogP contribution in [0.1, 0.15) is 40.6 Å². The van der Waals surface area contributed by atoms with Gasteiger partial charge in [0.25, 0.3) is 5.91 Å². The van der Waals surface area contributed by atoms with Crippen LogP contribution in [0.15, 0.2) is 17.6 Å². The van der Waals surface area contributed by atoms with Crippen molar-refractivity contribution in [2.75, 3.05) is 37.0 Å². The number of nitrogens with zero attached hydrogens (tertiary/aromatic N) is 4. The summed E-state index contributed by atoms with van der Waals surface area (Å²) in [6.07, 6.45) is 2.89. The number of fused-ring (bicyclic) bond motifs is 3. The van der Waals surface area contributed by atoms with Gasteiger partial charge in [0, 0.05) is 48.2 Å². The molecule has 190 valence electrons. The molecule has 1 amide bonds. The van der Waals surface area contributed by atoms with Gasteiger partial charge in [-0.3, -0.25) is 19.8 Å². The van der Waals surface area contributed by atoms with Crippen molar-refractivity contribution in [1.82, 2.24) is 14.9 Å². The Bertz CT molecular complexity index is 1300. The van der Waals surface area contributed by atoms with E-state index in [1.165, 1.54) is 17.5 Å². The zero-order valence-electron chi connectivity index (χ0n) is 19.8. The highest BCUT2D eigenvalue weighted by atomic mass is 35.5. The van der Waals surface area contributed by atoms with Crippen LogP contribution in [-0.4, -0.2) is 53.5 Å². The van der Waals surface area contributed by atoms with E-state index in [1.54, 1.807) is 17.4 Å². The second-order valence-corrected chi connectivity index (χ2v) is 11.6. The Morgan fingerprint density at radius 2 is 2.00 bits per heavy atom. The van der Waals surface area contributed by atoms with E-state index < -0.39 is 0 Å². The van der Waals surface area contributed by atoms with Crippen LogP contribution in [0, 0.1) is 5.92 Å². The first kappa shape index (κ1) is 25.4. The lowest BCUT2D eigenvalue weighted by molar-refractivity contribution is -0.148. The monoisotopic (exact) mass is 565 g/mol. The number of hydrogen-bond donors (Lipinski definition) is 1. The summed E-state index contributed by atoms with van der Waals surface area (Å²) in [4.78, 5) is 40.5. The molecule has 1 saturated heterocycles. The van der Waals surface area contributed by atoms with Crippen molar-refractivity contribution in [3.63, 3.8) is 0 Å². The minimum Gasteiger partial charge on any atom is -0.466 e. The number of halogens is 2. The fourth-order valence-electron chi connectivity index (χ4n) is 4.51. The Morgan fingerprint density at radius 1 is 1.22 bits per heavy atom. The number of thiazole rings is 1. The van der Waals surface area contributed by atoms with Gasteiger partial charge in [0.1, 0.15) is 5.82 Å². The lowest BCUT2D eigenvalue weighted by atomic mass is 9.97. The smallest absolute Gasteiger partial charge is 0.309 e. The molecule has 8 nitrogen and oxygen atoms in total. The number of esters is 1. The number of ether oxygens (including phenoxy) is 1. The summed E-state index contributed by atoms with van der Waals surface area (Å²) in [7, 11) is 2.04. The predicted molar refractivity (Wildman–Crippen MR) is 144 cm³/mol. The third-order valence-corrected chi connectivity index (χ3v) is 9.04. The predicted octanol–water partition coefficient (Wildman–Crippen LogP) is 5.55. The van der Waals surface area contributed by atoms with Crippen LogP contribution in [-0.2, 0) is 22.6 Å². The fourth-order valence-corrected chi connectivity index (χ4v) is 7.21. The van der Waals surface area contributed by atoms with Crippen LogP contribution in [0.4, 0.5) is 10.9 Å². The van der Waals surface area contributed by atoms with Gasteiger partial charge in [-0.05, 0) is 32.9 Å². The second kappa shape index (κ2) is 10.6. The average molecular weight is 567 g/mol. The van der Waals surface area contributed by atoms with Crippen molar-refractivity contribution >= 4 is 68.7 Å². The zero-order chi connectivity index (χ0) is 25.4. The third kappa shape index (κ3) is 5.10. The maximum atomic E-state index is 13.0. The molecular formula is C24H25Cl2N5O3S2. The maximum absolute atomic E-state index is 13.0. The van der Waals surface area contributed by atoms with E-state index in [-0.39, 0.29) is 17.8 Å². The van der Waals surface area contributed by atoms with E-state index in [4.69, 9.17) is 32.9 Å². The lowest BCUT2D eigenvalue weighted by Crippen LogP contribution is -2.37. The standard InChI is InChI=1S/C24H25Cl2N5O3S2/c1-3-34-23(33)13-4-6-31(7-5-13)21-16(25)8-14(9-27-21)22(32)29-24-28-19-18(36-24)11-30(2)10-15-17(26)12-35-20(15)19/h8-9,12-13H,3-7,10-11H2,1-2H3,(H,28,29,32). The number of carbonyl (C=O) groups is 2. The van der Waals surface area contributed by atoms with E-state index in [0.717, 1.165) is 39.1 Å². The highest BCUT2D eigenvalue weighted by Gasteiger charge is 2.28. The molecule has 3 aromatic rings. The first-order chi connectivity index (χ1) is 17.3. The van der Waals surface area contributed by atoms with Gasteiger partial charge in [-0.15, -0.1) is 11.3 Å². The Hall–Kier alpha value is -2.24. The Morgan fingerprint density at radius 3 is 2.72 bits per heavy atom. The summed E-state index contributed by atoms with van der Waals surface area (Å²) in [6, 6.07) is 1.63. The van der Waals surface area contributed by atoms with Gasteiger partial charge in [0.15, 0.2) is 5.13 Å². The molecule has 0 atom stereocenters. The number of hydrogen-bond acceptors (Lipinski definition) is 9. The topological polar surface area (TPSA) is 87.7 Å². The first-order valence-corrected chi connectivity index (χ1v) is 14.1. The van der Waals surface area contributed by atoms with Gasteiger partial charge in [-0.2, -0.15) is 0 Å². The number of rotatable bonds is 5. The molecule has 5 rings (SSSR count). The summed E-state index contributed by atoms with van der Waals surface area (Å²) in [5, 5.41) is 6.50. The summed E-state index contributed by atoms with van der Waals surface area (Å²) in [6.45, 7) is 4.99. The summed E-state index contributed by atoms with van der Waals surface area (Å²) >= 11 is 16.0. The molecule has 0 bridgehead atoms. The van der Waals surface area contributed by atoms with Crippen molar-refractivity contribution in [3.8, 4) is 10.6 Å². The molecule has 12 heteroatoms. The summed E-state index contributed by atoms with van der Waals surface area (Å²) < 4.78 is 5.14. The van der Waals surface area contributed by atoms with Gasteiger partial charge in [0.05, 0.1) is 38.7 Å². The van der Waals surface area contributed by atoms with Crippen molar-refractivity contribution < 1.29 is 14.3 Å². The number of pyridine rings is 1. The van der Waals surface area contributed by atoms with E-state index in [2.05, 4.69) is 15.2 Å². The van der Waals surface area contributed by atoms with Crippen LogP contribution in [0.3, 0.4) is 0 Å². The molecule has 0 spiro atoms. The van der Waals surface area contributed by atoms with Crippen molar-refractivity contribution in [1.29, 1.82) is 0 Å². The van der Waals surface area contributed by atoms with Crippen molar-refractivity contribution in [2.24, 2.45) is 5.92 Å². The van der Waals surface area contributed by atoms with Crippen LogP contribution in [0.2, 0.25) is 10.0 Å². The van der Waals surface area contributed by atoms with Gasteiger partial charge in [-0.1, -0.05) is 34.5 Å². The van der Waals surface area contributed by atoms with E-state index in [0.29, 0.717) is 54.1 Å². The van der Waals surface area contributed by atoms with Crippen LogP contribution in [0.25, 0.3) is 10.6 Å². The SMILES string of the molecule is CCOC(=O)C1CCN(c2ncc(C(=O)Nc3nc4c(s3)CN(C)Cc3c(Cl)csc3-4)cc2Cl)CC1. The third-order valence-electron chi connectivity index (χ3n) is 6.32. The Labute approximate surface area is 227 Å². The molecular weight excluding hydrogens is 541 g/mol. The summed E-state index contributed by atoms with van der Waals surface area (Å²) in [5.41, 5.74) is 2.31. The molecule has 2 aliphatic rings. The number of amides is 1. The molecule has 0 saturated carbocycles. The normalized spacial score (nSPS) is 16.3. The molecule has 2 aliphatic heterocycles. The highest BCUT2D eigenvalue weighted by Crippen LogP contribution is 2.43. The fraction of sp³-hybridized carbons (Fsp3) is 0.417. The maximum Gasteiger partial charge on any atom is 0.309 e. The van der Waals surface area contributed by atoms with E-state index in [9.17, 15) is 9.59 Å². The average Bonchev–Trinajstić information content (AvgIpc) is 3.37. The molecule has 0 aromatic carbocycles. The van der Waals surface area contributed by atoms with Crippen LogP contribution >= 0.6 is 45.9 Å². The summed E-state index contributed by atoms with van der Waals surface area (Å²) in [5.74, 6) is 0.0487. The van der Waals surface area contributed by atoms with E-state index >= 15 is 0 Å². The zero-order valence-corrected chi connectivity index (χ0v) is 23.0. The van der Waals surface area contributed by atoms with Crippen LogP contribution < -0.4 is 10.2 Å². The number of aromatic nitrogens is 2. The molecule has 36 heavy (non-hydrogen) atoms. The quantitative estimate of drug-likeness (QED) is 0.405. The largest absolute Gasteiger partial charge is 0.466 e. The minimum absolute atomic E-state index is 0.0977. The molecule has 1 N–H and O–H groups in total. The van der Waals surface area contributed by atoms with E-state index in [1.807, 2.05) is 24.3 Å². The van der Waals surface area contributed by atoms with Crippen molar-refractivity contribution in [2.45, 2.75) is 32.9 Å². The Balaban J connectivity index is 1.28. The molecule has 0 unspecified atom stereocenters. The first-order valence-electron chi connectivity index (χ1n) is 11.7. The van der Waals surface area contributed by atoms with Gasteiger partial charge < -0.3 is 9.64 Å². The van der Waals surface area contributed by atoms with Gasteiger partial charge in [-0.25, -0.2) is 9.97 Å². The van der Waals surface area contributed by atoms with Gasteiger partial charge in [0.2, 0.25) is 0 Å². The molecule has 5 heterocycles. The molecule has 0 radical (unpaired) electrons. The second-order valence-electron chi connectivity index (χ2n) is 8.85. The number of carbonyl (C=O) groups excluding carboxylic acids is 2. The lowest BCUT2D eigenvalue weighted by Gasteiger charge is -2.32. The molecule has 3 aromatic heterocycles. The van der Waals surface area contributed by atoms with Crippen molar-refractivity contribution in [3.05, 3.63) is 43.7 Å². The number of piperidine rings is 1. The highest BCUT2D eigenvalue weighted by molar-refractivity contribution is 7.17. The number of nitrogens with one attached hydrogen (secondary N) is 1. The Kier molecular flexibility index (Phi) is 7.50.